The van der Waals surface area contributed by atoms with Gasteiger partial charge in [0, 0.05) is 49.8 Å². The Kier molecular flexibility index (Phi) is 5.82. The first-order valence-electron chi connectivity index (χ1n) is 9.48. The lowest BCUT2D eigenvalue weighted by Gasteiger charge is -2.41. The summed E-state index contributed by atoms with van der Waals surface area (Å²) in [5.74, 6) is -0.263. The van der Waals surface area contributed by atoms with E-state index in [2.05, 4.69) is 16.6 Å². The number of nitrogens with one attached hydrogen (secondary N) is 1. The van der Waals surface area contributed by atoms with Gasteiger partial charge in [0.15, 0.2) is 11.6 Å². The summed E-state index contributed by atoms with van der Waals surface area (Å²) in [5, 5.41) is 0. The minimum absolute atomic E-state index is 0.125. The maximum absolute atomic E-state index is 14.3. The molecule has 1 aromatic rings. The molecule has 1 spiro atoms. The van der Waals surface area contributed by atoms with Crippen molar-refractivity contribution in [2.75, 3.05) is 39.5 Å². The number of methoxy groups -OCH3 is 1. The number of piperidine rings is 1. The van der Waals surface area contributed by atoms with Crippen molar-refractivity contribution in [3.63, 3.8) is 0 Å². The van der Waals surface area contributed by atoms with Gasteiger partial charge in [-0.3, -0.25) is 4.99 Å². The Morgan fingerprint density at radius 2 is 2.00 bits per heavy atom. The lowest BCUT2D eigenvalue weighted by molar-refractivity contribution is 0.155. The second kappa shape index (κ2) is 7.83. The zero-order valence-electron chi connectivity index (χ0n) is 16.8. The molecule has 154 valence electrons. The highest BCUT2D eigenvalue weighted by Gasteiger charge is 2.42. The number of nitrogens with zero attached hydrogens (tertiary/aromatic N) is 3. The number of likely N-dealkylation sites (tertiary alicyclic amines) is 1. The molecule has 1 N–H and O–H groups in total. The number of hydrogen-bond donors (Lipinski definition) is 1. The standard InChI is InChI=1S/C20H29FN4O2S/c1-5-18(15-12-16(21)19(27-3)13-17(15)23-2)24-9-6-20(7-10-24)8-11-25(14-20)28(4,22)26/h5,12-13,22H,2,6-11,14H2,1,3-4H3/b18-5+. The third kappa shape index (κ3) is 3.93. The zero-order valence-corrected chi connectivity index (χ0v) is 17.6. The molecule has 2 aliphatic heterocycles. The third-order valence-corrected chi connectivity index (χ3v) is 7.35. The fourth-order valence-electron chi connectivity index (χ4n) is 4.37. The van der Waals surface area contributed by atoms with Crippen molar-refractivity contribution in [1.82, 2.24) is 9.21 Å². The average molecular weight is 409 g/mol. The minimum Gasteiger partial charge on any atom is -0.494 e. The smallest absolute Gasteiger partial charge is 0.165 e. The Labute approximate surface area is 167 Å². The first-order valence-corrected chi connectivity index (χ1v) is 11.4. The van der Waals surface area contributed by atoms with Crippen LogP contribution in [0.2, 0.25) is 0 Å². The molecule has 28 heavy (non-hydrogen) atoms. The summed E-state index contributed by atoms with van der Waals surface area (Å²) in [6.45, 7) is 8.68. The Morgan fingerprint density at radius 3 is 2.50 bits per heavy atom. The van der Waals surface area contributed by atoms with Gasteiger partial charge in [-0.25, -0.2) is 17.7 Å². The van der Waals surface area contributed by atoms with E-state index in [1.165, 1.54) is 19.4 Å². The van der Waals surface area contributed by atoms with Crippen LogP contribution in [-0.4, -0.2) is 59.7 Å². The van der Waals surface area contributed by atoms with Gasteiger partial charge in [0.05, 0.1) is 12.8 Å². The Morgan fingerprint density at radius 1 is 1.36 bits per heavy atom. The van der Waals surface area contributed by atoms with Gasteiger partial charge in [0.25, 0.3) is 0 Å². The molecule has 2 fully saturated rings. The largest absolute Gasteiger partial charge is 0.494 e. The highest BCUT2D eigenvalue weighted by molar-refractivity contribution is 7.89. The summed E-state index contributed by atoms with van der Waals surface area (Å²) in [5.41, 5.74) is 2.37. The number of aliphatic imine (C=N–C) groups is 1. The maximum Gasteiger partial charge on any atom is 0.165 e. The quantitative estimate of drug-likeness (QED) is 0.751. The van der Waals surface area contributed by atoms with Crippen LogP contribution in [0.15, 0.2) is 23.2 Å². The highest BCUT2D eigenvalue weighted by Crippen LogP contribution is 2.43. The van der Waals surface area contributed by atoms with Gasteiger partial charge in [-0.05, 0) is 44.4 Å². The van der Waals surface area contributed by atoms with E-state index in [1.54, 1.807) is 6.07 Å². The molecule has 3 rings (SSSR count). The monoisotopic (exact) mass is 408 g/mol. The summed E-state index contributed by atoms with van der Waals surface area (Å²) in [4.78, 5) is 6.33. The molecule has 0 aromatic heterocycles. The summed E-state index contributed by atoms with van der Waals surface area (Å²) in [7, 11) is -1.21. The Bertz CT molecular complexity index is 890. The minimum atomic E-state index is -2.64. The fourth-order valence-corrected chi connectivity index (χ4v) is 5.32. The molecule has 1 unspecified atom stereocenters. The first-order chi connectivity index (χ1) is 13.2. The maximum atomic E-state index is 14.3. The molecule has 6 nitrogen and oxygen atoms in total. The normalized spacial score (nSPS) is 22.3. The van der Waals surface area contributed by atoms with Crippen molar-refractivity contribution in [3.8, 4) is 5.75 Å². The van der Waals surface area contributed by atoms with E-state index in [-0.39, 0.29) is 11.2 Å². The van der Waals surface area contributed by atoms with Crippen LogP contribution in [0.4, 0.5) is 10.1 Å². The molecule has 0 aliphatic carbocycles. The van der Waals surface area contributed by atoms with Gasteiger partial charge >= 0.3 is 0 Å². The lowest BCUT2D eigenvalue weighted by atomic mass is 9.77. The van der Waals surface area contributed by atoms with E-state index >= 15 is 0 Å². The molecule has 0 radical (unpaired) electrons. The number of benzene rings is 1. The average Bonchev–Trinajstić information content (AvgIpc) is 3.08. The van der Waals surface area contributed by atoms with E-state index in [0.29, 0.717) is 11.3 Å². The molecule has 0 amide bonds. The fraction of sp³-hybridized carbons (Fsp3) is 0.550. The molecule has 2 heterocycles. The summed E-state index contributed by atoms with van der Waals surface area (Å²) in [6, 6.07) is 3.04. The molecule has 1 aromatic carbocycles. The van der Waals surface area contributed by atoms with Crippen molar-refractivity contribution >= 4 is 28.0 Å². The molecular formula is C20H29FN4O2S. The van der Waals surface area contributed by atoms with Gasteiger partial charge in [-0.15, -0.1) is 0 Å². The molecular weight excluding hydrogens is 379 g/mol. The molecule has 2 aliphatic rings. The summed E-state index contributed by atoms with van der Waals surface area (Å²) >= 11 is 0. The van der Waals surface area contributed by atoms with Crippen molar-refractivity contribution < 1.29 is 13.3 Å². The van der Waals surface area contributed by atoms with Gasteiger partial charge in [-0.2, -0.15) is 0 Å². The van der Waals surface area contributed by atoms with Gasteiger partial charge in [0.2, 0.25) is 0 Å². The van der Waals surface area contributed by atoms with E-state index in [4.69, 9.17) is 9.52 Å². The SMILES string of the molecule is C=Nc1cc(OC)c(F)cc1/C(=C\C)N1CCC2(CC1)CCN(S(C)(=N)=O)C2. The second-order valence-corrected chi connectivity index (χ2v) is 9.86. The predicted molar refractivity (Wildman–Crippen MR) is 112 cm³/mol. The van der Waals surface area contributed by atoms with Crippen LogP contribution in [0, 0.1) is 16.0 Å². The lowest BCUT2D eigenvalue weighted by Crippen LogP contribution is -2.41. The number of hydrogen-bond acceptors (Lipinski definition) is 5. The van der Waals surface area contributed by atoms with Crippen LogP contribution in [0.25, 0.3) is 5.70 Å². The van der Waals surface area contributed by atoms with Crippen LogP contribution in [0.5, 0.6) is 5.75 Å². The van der Waals surface area contributed by atoms with Gasteiger partial charge < -0.3 is 9.64 Å². The van der Waals surface area contributed by atoms with E-state index < -0.39 is 15.7 Å². The van der Waals surface area contributed by atoms with E-state index in [1.807, 2.05) is 17.3 Å². The summed E-state index contributed by atoms with van der Waals surface area (Å²) < 4.78 is 41.2. The summed E-state index contributed by atoms with van der Waals surface area (Å²) in [6.07, 6.45) is 6.39. The van der Waals surface area contributed by atoms with Crippen molar-refractivity contribution in [3.05, 3.63) is 29.6 Å². The van der Waals surface area contributed by atoms with Crippen LogP contribution in [0.1, 0.15) is 31.7 Å². The number of rotatable bonds is 5. The Hall–Kier alpha value is -1.93. The first kappa shape index (κ1) is 20.8. The molecule has 0 saturated carbocycles. The number of ether oxygens (including phenoxy) is 1. The number of halogens is 1. The van der Waals surface area contributed by atoms with Gasteiger partial charge in [0.1, 0.15) is 9.92 Å². The van der Waals surface area contributed by atoms with E-state index in [9.17, 15) is 8.60 Å². The van der Waals surface area contributed by atoms with Crippen LogP contribution in [-0.2, 0) is 9.92 Å². The molecule has 8 heteroatoms. The molecule has 1 atom stereocenters. The van der Waals surface area contributed by atoms with Crippen molar-refractivity contribution in [2.45, 2.75) is 26.2 Å². The zero-order chi connectivity index (χ0) is 20.5. The number of allylic oxidation sites excluding steroid dienone is 1. The van der Waals surface area contributed by atoms with Crippen LogP contribution in [0.3, 0.4) is 0 Å². The molecule has 0 bridgehead atoms. The van der Waals surface area contributed by atoms with E-state index in [0.717, 1.165) is 51.1 Å². The Balaban J connectivity index is 1.79. The highest BCUT2D eigenvalue weighted by atomic mass is 32.2. The molecule has 2 saturated heterocycles. The van der Waals surface area contributed by atoms with Crippen LogP contribution >= 0.6 is 0 Å². The van der Waals surface area contributed by atoms with Crippen molar-refractivity contribution in [2.24, 2.45) is 10.4 Å². The second-order valence-electron chi connectivity index (χ2n) is 7.74. The topological polar surface area (TPSA) is 69.0 Å². The third-order valence-electron chi connectivity index (χ3n) is 6.05. The predicted octanol–water partition coefficient (Wildman–Crippen LogP) is 3.91. The van der Waals surface area contributed by atoms with Crippen LogP contribution < -0.4 is 4.74 Å². The van der Waals surface area contributed by atoms with Gasteiger partial charge in [-0.1, -0.05) is 6.08 Å². The van der Waals surface area contributed by atoms with Crippen molar-refractivity contribution in [1.29, 1.82) is 4.78 Å².